The van der Waals surface area contributed by atoms with Crippen molar-refractivity contribution < 1.29 is 9.72 Å². The first-order chi connectivity index (χ1) is 14.0. The van der Waals surface area contributed by atoms with Crippen LogP contribution in [0.4, 0.5) is 17.2 Å². The molecule has 1 aromatic carbocycles. The van der Waals surface area contributed by atoms with Crippen molar-refractivity contribution in [2.24, 2.45) is 0 Å². The minimum Gasteiger partial charge on any atom is -0.368 e. The van der Waals surface area contributed by atoms with E-state index in [1.165, 1.54) is 6.07 Å². The van der Waals surface area contributed by atoms with Crippen LogP contribution in [-0.2, 0) is 0 Å². The van der Waals surface area contributed by atoms with E-state index in [2.05, 4.69) is 19.8 Å². The number of piperazine rings is 1. The topological polar surface area (TPSA) is 95.7 Å². The summed E-state index contributed by atoms with van der Waals surface area (Å²) in [5.41, 5.74) is 0.903. The highest BCUT2D eigenvalue weighted by Gasteiger charge is 2.28. The monoisotopic (exact) mass is 396 g/mol. The number of carbonyl (C=O) groups excluding carboxylic acids is 1. The second kappa shape index (κ2) is 8.02. The van der Waals surface area contributed by atoms with E-state index in [1.54, 1.807) is 23.2 Å². The standard InChI is InChI=1S/C20H24N6O3/c1-15-21-7-6-19(22-15)24-12-10-23(11-13-24)16-4-5-18(26(28)29)17(14-16)20(27)25-8-2-3-9-25/h4-7,14H,2-3,8-13H2,1H3. The van der Waals surface area contributed by atoms with Gasteiger partial charge in [-0.3, -0.25) is 14.9 Å². The van der Waals surface area contributed by atoms with Gasteiger partial charge in [0, 0.05) is 57.2 Å². The molecule has 0 unspecified atom stereocenters. The first-order valence-electron chi connectivity index (χ1n) is 9.90. The fourth-order valence-electron chi connectivity index (χ4n) is 3.96. The molecule has 0 aliphatic carbocycles. The number of nitrogens with zero attached hydrogens (tertiary/aromatic N) is 6. The van der Waals surface area contributed by atoms with Crippen molar-refractivity contribution in [3.05, 3.63) is 52.0 Å². The molecule has 0 N–H and O–H groups in total. The minimum atomic E-state index is -0.470. The molecule has 2 aliphatic rings. The molecule has 0 atom stereocenters. The maximum absolute atomic E-state index is 12.9. The number of hydrogen-bond acceptors (Lipinski definition) is 7. The van der Waals surface area contributed by atoms with Crippen LogP contribution in [0.5, 0.6) is 0 Å². The van der Waals surface area contributed by atoms with E-state index in [-0.39, 0.29) is 17.2 Å². The van der Waals surface area contributed by atoms with Gasteiger partial charge in [0.25, 0.3) is 11.6 Å². The number of likely N-dealkylation sites (tertiary alicyclic amines) is 1. The van der Waals surface area contributed by atoms with E-state index in [0.717, 1.165) is 56.4 Å². The number of rotatable bonds is 4. The largest absolute Gasteiger partial charge is 0.368 e. The predicted octanol–water partition coefficient (Wildman–Crippen LogP) is 2.26. The van der Waals surface area contributed by atoms with Crippen LogP contribution in [0.2, 0.25) is 0 Å². The maximum Gasteiger partial charge on any atom is 0.282 e. The summed E-state index contributed by atoms with van der Waals surface area (Å²) >= 11 is 0. The van der Waals surface area contributed by atoms with Crippen LogP contribution in [0.25, 0.3) is 0 Å². The number of aromatic nitrogens is 2. The molecule has 152 valence electrons. The Morgan fingerprint density at radius 1 is 1.03 bits per heavy atom. The number of nitro benzene ring substituents is 1. The van der Waals surface area contributed by atoms with Gasteiger partial charge < -0.3 is 14.7 Å². The summed E-state index contributed by atoms with van der Waals surface area (Å²) in [4.78, 5) is 38.5. The highest BCUT2D eigenvalue weighted by Crippen LogP contribution is 2.28. The van der Waals surface area contributed by atoms with Gasteiger partial charge in [-0.15, -0.1) is 0 Å². The molecule has 0 saturated carbocycles. The van der Waals surface area contributed by atoms with E-state index in [0.29, 0.717) is 13.1 Å². The Morgan fingerprint density at radius 3 is 2.38 bits per heavy atom. The summed E-state index contributed by atoms with van der Waals surface area (Å²) < 4.78 is 0. The van der Waals surface area contributed by atoms with E-state index >= 15 is 0 Å². The molecular weight excluding hydrogens is 372 g/mol. The Labute approximate surface area is 169 Å². The Bertz CT molecular complexity index is 920. The van der Waals surface area contributed by atoms with Crippen LogP contribution < -0.4 is 9.80 Å². The van der Waals surface area contributed by atoms with Crippen molar-refractivity contribution in [2.45, 2.75) is 19.8 Å². The molecule has 0 bridgehead atoms. The number of amides is 1. The van der Waals surface area contributed by atoms with E-state index in [9.17, 15) is 14.9 Å². The second-order valence-electron chi connectivity index (χ2n) is 7.39. The lowest BCUT2D eigenvalue weighted by Gasteiger charge is -2.36. The average Bonchev–Trinajstić information content (AvgIpc) is 3.28. The van der Waals surface area contributed by atoms with Gasteiger partial charge in [0.05, 0.1) is 4.92 Å². The lowest BCUT2D eigenvalue weighted by molar-refractivity contribution is -0.385. The predicted molar refractivity (Wildman–Crippen MR) is 109 cm³/mol. The van der Waals surface area contributed by atoms with Gasteiger partial charge in [0.2, 0.25) is 0 Å². The van der Waals surface area contributed by atoms with Gasteiger partial charge in [-0.2, -0.15) is 0 Å². The summed E-state index contributed by atoms with van der Waals surface area (Å²) in [5, 5.41) is 11.5. The van der Waals surface area contributed by atoms with Gasteiger partial charge >= 0.3 is 0 Å². The molecule has 1 aromatic heterocycles. The first-order valence-corrected chi connectivity index (χ1v) is 9.90. The van der Waals surface area contributed by atoms with Crippen LogP contribution in [0, 0.1) is 17.0 Å². The SMILES string of the molecule is Cc1nccc(N2CCN(c3ccc([N+](=O)[O-])c(C(=O)N4CCCC4)c3)CC2)n1. The molecule has 2 fully saturated rings. The Kier molecular flexibility index (Phi) is 5.28. The summed E-state index contributed by atoms with van der Waals surface area (Å²) in [5.74, 6) is 1.40. The van der Waals surface area contributed by atoms with Gasteiger partial charge in [-0.1, -0.05) is 0 Å². The van der Waals surface area contributed by atoms with E-state index in [1.807, 2.05) is 13.0 Å². The van der Waals surface area contributed by atoms with Crippen LogP contribution in [-0.4, -0.2) is 65.0 Å². The Hall–Kier alpha value is -3.23. The second-order valence-corrected chi connectivity index (χ2v) is 7.39. The van der Waals surface area contributed by atoms with Crippen molar-refractivity contribution in [1.82, 2.24) is 14.9 Å². The van der Waals surface area contributed by atoms with Gasteiger partial charge in [0.1, 0.15) is 17.2 Å². The Balaban J connectivity index is 1.52. The molecule has 9 nitrogen and oxygen atoms in total. The first kappa shape index (κ1) is 19.1. The van der Waals surface area contributed by atoms with E-state index in [4.69, 9.17) is 0 Å². The van der Waals surface area contributed by atoms with Crippen molar-refractivity contribution in [2.75, 3.05) is 49.1 Å². The van der Waals surface area contributed by atoms with Crippen LogP contribution in [0.3, 0.4) is 0 Å². The highest BCUT2D eigenvalue weighted by atomic mass is 16.6. The fraction of sp³-hybridized carbons (Fsp3) is 0.450. The van der Waals surface area contributed by atoms with Crippen molar-refractivity contribution >= 4 is 23.1 Å². The van der Waals surface area contributed by atoms with Gasteiger partial charge in [-0.25, -0.2) is 9.97 Å². The number of benzene rings is 1. The zero-order valence-corrected chi connectivity index (χ0v) is 16.5. The third-order valence-electron chi connectivity index (χ3n) is 5.53. The van der Waals surface area contributed by atoms with Crippen molar-refractivity contribution in [3.63, 3.8) is 0 Å². The normalized spacial score (nSPS) is 16.9. The van der Waals surface area contributed by atoms with Crippen LogP contribution in [0.1, 0.15) is 29.0 Å². The summed E-state index contributed by atoms with van der Waals surface area (Å²) in [6.45, 7) is 6.26. The molecule has 29 heavy (non-hydrogen) atoms. The van der Waals surface area contributed by atoms with Crippen LogP contribution in [0.15, 0.2) is 30.5 Å². The highest BCUT2D eigenvalue weighted by molar-refractivity contribution is 5.99. The molecule has 2 saturated heterocycles. The molecule has 4 rings (SSSR count). The zero-order chi connectivity index (χ0) is 20.4. The van der Waals surface area contributed by atoms with Gasteiger partial charge in [-0.05, 0) is 38.0 Å². The van der Waals surface area contributed by atoms with Crippen molar-refractivity contribution in [1.29, 1.82) is 0 Å². The molecule has 3 heterocycles. The molecule has 0 radical (unpaired) electrons. The summed E-state index contributed by atoms with van der Waals surface area (Å²) in [6, 6.07) is 6.78. The Morgan fingerprint density at radius 2 is 1.72 bits per heavy atom. The molecule has 0 spiro atoms. The van der Waals surface area contributed by atoms with Crippen molar-refractivity contribution in [3.8, 4) is 0 Å². The fourth-order valence-corrected chi connectivity index (χ4v) is 3.96. The lowest BCUT2D eigenvalue weighted by Crippen LogP contribution is -2.47. The summed E-state index contributed by atoms with van der Waals surface area (Å²) in [7, 11) is 0. The molecule has 2 aliphatic heterocycles. The van der Waals surface area contributed by atoms with Crippen LogP contribution >= 0.6 is 0 Å². The quantitative estimate of drug-likeness (QED) is 0.578. The molecule has 9 heteroatoms. The van der Waals surface area contributed by atoms with Gasteiger partial charge in [0.15, 0.2) is 0 Å². The molecule has 1 amide bonds. The zero-order valence-electron chi connectivity index (χ0n) is 16.5. The number of hydrogen-bond donors (Lipinski definition) is 0. The minimum absolute atomic E-state index is 0.124. The number of anilines is 2. The number of aryl methyl sites for hydroxylation is 1. The number of nitro groups is 1. The third-order valence-corrected chi connectivity index (χ3v) is 5.53. The lowest BCUT2D eigenvalue weighted by atomic mass is 10.1. The molecular formula is C20H24N6O3. The number of carbonyl (C=O) groups is 1. The molecule has 2 aromatic rings. The smallest absolute Gasteiger partial charge is 0.282 e. The summed E-state index contributed by atoms with van der Waals surface area (Å²) in [6.07, 6.45) is 3.66. The average molecular weight is 396 g/mol. The maximum atomic E-state index is 12.9. The van der Waals surface area contributed by atoms with E-state index < -0.39 is 4.92 Å². The third kappa shape index (κ3) is 3.98.